The van der Waals surface area contributed by atoms with E-state index in [4.69, 9.17) is 25.8 Å². The first-order valence-corrected chi connectivity index (χ1v) is 8.54. The maximum absolute atomic E-state index is 12.1. The van der Waals surface area contributed by atoms with Crippen molar-refractivity contribution < 1.29 is 19.0 Å². The van der Waals surface area contributed by atoms with Crippen molar-refractivity contribution in [1.29, 1.82) is 0 Å². The maximum Gasteiger partial charge on any atom is 0.258 e. The number of rotatable bonds is 5. The summed E-state index contributed by atoms with van der Waals surface area (Å²) in [5.74, 6) is 1.84. The van der Waals surface area contributed by atoms with E-state index in [1.165, 1.54) is 0 Å². The Kier molecular flexibility index (Phi) is 4.54. The van der Waals surface area contributed by atoms with Crippen LogP contribution in [0, 0.1) is 0 Å². The van der Waals surface area contributed by atoms with E-state index < -0.39 is 0 Å². The second-order valence-corrected chi connectivity index (χ2v) is 6.25. The maximum atomic E-state index is 12.1. The van der Waals surface area contributed by atoms with Gasteiger partial charge < -0.3 is 19.5 Å². The van der Waals surface area contributed by atoms with Crippen LogP contribution in [0.1, 0.15) is 5.56 Å². The zero-order valence-electron chi connectivity index (χ0n) is 13.8. The monoisotopic (exact) mass is 369 g/mol. The van der Waals surface area contributed by atoms with E-state index in [0.29, 0.717) is 23.1 Å². The normalized spacial score (nSPS) is 12.2. The van der Waals surface area contributed by atoms with Gasteiger partial charge in [-0.1, -0.05) is 41.9 Å². The average Bonchev–Trinajstić information content (AvgIpc) is 3.14. The third-order valence-electron chi connectivity index (χ3n) is 4.12. The number of amides is 1. The Morgan fingerprint density at radius 3 is 2.73 bits per heavy atom. The molecule has 1 aliphatic heterocycles. The third-order valence-corrected chi connectivity index (χ3v) is 4.45. The lowest BCUT2D eigenvalue weighted by atomic mass is 10.1. The van der Waals surface area contributed by atoms with Crippen LogP contribution in [0.4, 0.5) is 0 Å². The molecule has 0 saturated carbocycles. The number of hydrogen-bond acceptors (Lipinski definition) is 4. The molecule has 1 aliphatic rings. The Labute approximate surface area is 155 Å². The van der Waals surface area contributed by atoms with Gasteiger partial charge in [-0.25, -0.2) is 0 Å². The smallest absolute Gasteiger partial charge is 0.258 e. The lowest BCUT2D eigenvalue weighted by Gasteiger charge is -2.11. The predicted octanol–water partition coefficient (Wildman–Crippen LogP) is 3.92. The summed E-state index contributed by atoms with van der Waals surface area (Å²) in [5, 5.41) is 5.26. The first-order chi connectivity index (χ1) is 12.7. The number of carbonyl (C=O) groups excluding carboxylic acids is 1. The Hall–Kier alpha value is -2.92. The van der Waals surface area contributed by atoms with E-state index in [-0.39, 0.29) is 19.3 Å². The van der Waals surface area contributed by atoms with Crippen LogP contribution in [0.25, 0.3) is 10.8 Å². The van der Waals surface area contributed by atoms with Gasteiger partial charge in [0.05, 0.1) is 0 Å². The summed E-state index contributed by atoms with van der Waals surface area (Å²) in [4.78, 5) is 12.1. The first kappa shape index (κ1) is 16.5. The van der Waals surface area contributed by atoms with Crippen LogP contribution in [0.5, 0.6) is 17.2 Å². The molecule has 3 aromatic carbocycles. The van der Waals surface area contributed by atoms with Gasteiger partial charge in [0.15, 0.2) is 18.1 Å². The van der Waals surface area contributed by atoms with E-state index in [1.54, 1.807) is 12.1 Å². The van der Waals surface area contributed by atoms with E-state index in [0.717, 1.165) is 22.1 Å². The number of fused-ring (bicyclic) bond motifs is 2. The summed E-state index contributed by atoms with van der Waals surface area (Å²) < 4.78 is 16.3. The summed E-state index contributed by atoms with van der Waals surface area (Å²) in [7, 11) is 0. The Bertz CT molecular complexity index is 973. The van der Waals surface area contributed by atoms with Crippen LogP contribution in [0.2, 0.25) is 5.02 Å². The molecule has 0 saturated heterocycles. The molecule has 0 aromatic heterocycles. The molecule has 0 fully saturated rings. The van der Waals surface area contributed by atoms with Crippen molar-refractivity contribution in [3.63, 3.8) is 0 Å². The highest BCUT2D eigenvalue weighted by atomic mass is 35.5. The Morgan fingerprint density at radius 1 is 1.04 bits per heavy atom. The molecule has 1 amide bonds. The van der Waals surface area contributed by atoms with Crippen LogP contribution in [0.15, 0.2) is 54.6 Å². The number of hydrogen-bond donors (Lipinski definition) is 1. The van der Waals surface area contributed by atoms with Crippen molar-refractivity contribution in [2.45, 2.75) is 6.54 Å². The van der Waals surface area contributed by atoms with E-state index in [1.807, 2.05) is 42.5 Å². The second kappa shape index (κ2) is 7.14. The standard InChI is InChI=1S/C20H16ClNO4/c21-16-6-8-17(15-4-2-1-3-14(15)16)24-11-20(23)22-10-13-5-7-18-19(9-13)26-12-25-18/h1-9H,10-12H2,(H,22,23). The van der Waals surface area contributed by atoms with Crippen LogP contribution in [0.3, 0.4) is 0 Å². The van der Waals surface area contributed by atoms with Crippen LogP contribution >= 0.6 is 11.6 Å². The molecule has 1 heterocycles. The van der Waals surface area contributed by atoms with Gasteiger partial charge in [0.1, 0.15) is 5.75 Å². The molecule has 5 nitrogen and oxygen atoms in total. The molecule has 3 aromatic rings. The van der Waals surface area contributed by atoms with Crippen molar-refractivity contribution in [2.75, 3.05) is 13.4 Å². The van der Waals surface area contributed by atoms with Gasteiger partial charge in [-0.05, 0) is 29.8 Å². The molecule has 26 heavy (non-hydrogen) atoms. The minimum atomic E-state index is -0.207. The molecule has 0 spiro atoms. The van der Waals surface area contributed by atoms with Crippen LogP contribution in [-0.4, -0.2) is 19.3 Å². The number of nitrogens with one attached hydrogen (secondary N) is 1. The fourth-order valence-electron chi connectivity index (χ4n) is 2.81. The van der Waals surface area contributed by atoms with Gasteiger partial charge in [0, 0.05) is 22.3 Å². The van der Waals surface area contributed by atoms with Crippen molar-refractivity contribution in [3.8, 4) is 17.2 Å². The Morgan fingerprint density at radius 2 is 1.85 bits per heavy atom. The number of halogens is 1. The lowest BCUT2D eigenvalue weighted by Crippen LogP contribution is -2.28. The van der Waals surface area contributed by atoms with E-state index in [9.17, 15) is 4.79 Å². The van der Waals surface area contributed by atoms with Crippen molar-refractivity contribution in [2.24, 2.45) is 0 Å². The molecule has 6 heteroatoms. The molecular weight excluding hydrogens is 354 g/mol. The van der Waals surface area contributed by atoms with Crippen LogP contribution in [-0.2, 0) is 11.3 Å². The highest BCUT2D eigenvalue weighted by Gasteiger charge is 2.13. The lowest BCUT2D eigenvalue weighted by molar-refractivity contribution is -0.123. The fourth-order valence-corrected chi connectivity index (χ4v) is 3.03. The van der Waals surface area contributed by atoms with E-state index >= 15 is 0 Å². The Balaban J connectivity index is 1.37. The highest BCUT2D eigenvalue weighted by molar-refractivity contribution is 6.35. The second-order valence-electron chi connectivity index (χ2n) is 5.84. The first-order valence-electron chi connectivity index (χ1n) is 8.16. The minimum absolute atomic E-state index is 0.0732. The van der Waals surface area contributed by atoms with Crippen molar-refractivity contribution in [1.82, 2.24) is 5.32 Å². The van der Waals surface area contributed by atoms with E-state index in [2.05, 4.69) is 5.32 Å². The molecular formula is C20H16ClNO4. The third kappa shape index (κ3) is 3.39. The van der Waals surface area contributed by atoms with Gasteiger partial charge in [-0.3, -0.25) is 4.79 Å². The quantitative estimate of drug-likeness (QED) is 0.740. The van der Waals surface area contributed by atoms with Gasteiger partial charge >= 0.3 is 0 Å². The van der Waals surface area contributed by atoms with Crippen LogP contribution < -0.4 is 19.5 Å². The van der Waals surface area contributed by atoms with Gasteiger partial charge in [-0.2, -0.15) is 0 Å². The number of benzene rings is 3. The fraction of sp³-hybridized carbons (Fsp3) is 0.150. The molecule has 0 atom stereocenters. The molecule has 4 rings (SSSR count). The molecule has 0 unspecified atom stereocenters. The van der Waals surface area contributed by atoms with Gasteiger partial charge in [0.25, 0.3) is 5.91 Å². The largest absolute Gasteiger partial charge is 0.483 e. The summed E-state index contributed by atoms with van der Waals surface area (Å²) >= 11 is 6.20. The van der Waals surface area contributed by atoms with Crippen molar-refractivity contribution in [3.05, 3.63) is 65.2 Å². The zero-order chi connectivity index (χ0) is 17.9. The van der Waals surface area contributed by atoms with Gasteiger partial charge in [-0.15, -0.1) is 0 Å². The predicted molar refractivity (Wildman–Crippen MR) is 98.9 cm³/mol. The topological polar surface area (TPSA) is 56.8 Å². The molecule has 0 radical (unpaired) electrons. The number of carbonyl (C=O) groups is 1. The zero-order valence-corrected chi connectivity index (χ0v) is 14.6. The summed E-state index contributed by atoms with van der Waals surface area (Å²) in [5.41, 5.74) is 0.930. The average molecular weight is 370 g/mol. The molecule has 0 aliphatic carbocycles. The summed E-state index contributed by atoms with van der Waals surface area (Å²) in [6, 6.07) is 16.8. The van der Waals surface area contributed by atoms with Crippen molar-refractivity contribution >= 4 is 28.3 Å². The number of ether oxygens (including phenoxy) is 3. The molecule has 1 N–H and O–H groups in total. The SMILES string of the molecule is O=C(COc1ccc(Cl)c2ccccc12)NCc1ccc2c(c1)OCO2. The minimum Gasteiger partial charge on any atom is -0.483 e. The molecule has 132 valence electrons. The summed E-state index contributed by atoms with van der Waals surface area (Å²) in [6.07, 6.45) is 0. The highest BCUT2D eigenvalue weighted by Crippen LogP contribution is 2.33. The summed E-state index contributed by atoms with van der Waals surface area (Å²) in [6.45, 7) is 0.546. The van der Waals surface area contributed by atoms with Gasteiger partial charge in [0.2, 0.25) is 6.79 Å². The molecule has 0 bridgehead atoms.